The number of nitriles is 1. The molecular weight excluding hydrogens is 323 g/mol. The zero-order chi connectivity index (χ0) is 14.8. The molecule has 5 heteroatoms. The van der Waals surface area contributed by atoms with Crippen molar-refractivity contribution >= 4 is 21.8 Å². The molecule has 0 unspecified atom stereocenters. The van der Waals surface area contributed by atoms with Gasteiger partial charge in [0, 0.05) is 17.9 Å². The molecule has 0 saturated heterocycles. The molecule has 0 atom stereocenters. The van der Waals surface area contributed by atoms with Gasteiger partial charge in [-0.15, -0.1) is 0 Å². The highest BCUT2D eigenvalue weighted by Gasteiger charge is 2.43. The van der Waals surface area contributed by atoms with Gasteiger partial charge < -0.3 is 4.90 Å². The molecule has 0 aromatic heterocycles. The van der Waals surface area contributed by atoms with Gasteiger partial charge in [0.1, 0.15) is 11.4 Å². The van der Waals surface area contributed by atoms with Crippen molar-refractivity contribution in [1.29, 1.82) is 5.26 Å². The Morgan fingerprint density at radius 1 is 1.55 bits per heavy atom. The Balaban J connectivity index is 1.97. The lowest BCUT2D eigenvalue weighted by molar-refractivity contribution is -0.136. The van der Waals surface area contributed by atoms with E-state index in [4.69, 9.17) is 0 Å². The number of halogens is 2. The number of rotatable bonds is 4. The van der Waals surface area contributed by atoms with Gasteiger partial charge in [-0.1, -0.05) is 22.0 Å². The van der Waals surface area contributed by atoms with Crippen molar-refractivity contribution in [3.63, 3.8) is 0 Å². The number of amides is 1. The minimum absolute atomic E-state index is 0.103. The molecule has 20 heavy (non-hydrogen) atoms. The van der Waals surface area contributed by atoms with Crippen LogP contribution in [0.4, 0.5) is 4.39 Å². The number of hydrogen-bond acceptors (Lipinski definition) is 2. The van der Waals surface area contributed by atoms with Crippen molar-refractivity contribution in [3.05, 3.63) is 34.1 Å². The Bertz CT molecular complexity index is 563. The molecule has 0 heterocycles. The molecule has 1 fully saturated rings. The maximum atomic E-state index is 13.7. The highest BCUT2D eigenvalue weighted by Crippen LogP contribution is 2.36. The SMILES string of the molecule is CN(C(=O)CCc1ccc(Br)cc1F)C1(C#N)CCC1. The fourth-order valence-corrected chi connectivity index (χ4v) is 2.74. The van der Waals surface area contributed by atoms with E-state index in [9.17, 15) is 14.4 Å². The average Bonchev–Trinajstić information content (AvgIpc) is 2.36. The second kappa shape index (κ2) is 5.92. The van der Waals surface area contributed by atoms with Crippen LogP contribution in [0.1, 0.15) is 31.2 Å². The number of benzene rings is 1. The number of carbonyl (C=O) groups is 1. The Hall–Kier alpha value is -1.41. The predicted molar refractivity (Wildman–Crippen MR) is 77.4 cm³/mol. The monoisotopic (exact) mass is 338 g/mol. The molecule has 3 nitrogen and oxygen atoms in total. The van der Waals surface area contributed by atoms with Crippen molar-refractivity contribution in [2.24, 2.45) is 0 Å². The topological polar surface area (TPSA) is 44.1 Å². The largest absolute Gasteiger partial charge is 0.327 e. The Morgan fingerprint density at radius 2 is 2.25 bits per heavy atom. The quantitative estimate of drug-likeness (QED) is 0.844. The van der Waals surface area contributed by atoms with Gasteiger partial charge in [-0.05, 0) is 43.4 Å². The fraction of sp³-hybridized carbons (Fsp3) is 0.467. The first kappa shape index (κ1) is 15.0. The van der Waals surface area contributed by atoms with Crippen LogP contribution in [-0.2, 0) is 11.2 Å². The summed E-state index contributed by atoms with van der Waals surface area (Å²) in [6.07, 6.45) is 3.02. The summed E-state index contributed by atoms with van der Waals surface area (Å²) >= 11 is 3.20. The van der Waals surface area contributed by atoms with E-state index in [2.05, 4.69) is 22.0 Å². The fourth-order valence-electron chi connectivity index (χ4n) is 2.41. The number of nitrogens with zero attached hydrogens (tertiary/aromatic N) is 2. The van der Waals surface area contributed by atoms with Gasteiger partial charge in [-0.25, -0.2) is 4.39 Å². The summed E-state index contributed by atoms with van der Waals surface area (Å²) in [5, 5.41) is 9.21. The highest BCUT2D eigenvalue weighted by atomic mass is 79.9. The van der Waals surface area contributed by atoms with E-state index >= 15 is 0 Å². The van der Waals surface area contributed by atoms with Crippen LogP contribution in [0, 0.1) is 17.1 Å². The first-order valence-corrected chi connectivity index (χ1v) is 7.40. The molecule has 106 valence electrons. The van der Waals surface area contributed by atoms with Gasteiger partial charge in [-0.3, -0.25) is 4.79 Å². The van der Waals surface area contributed by atoms with Crippen molar-refractivity contribution in [2.75, 3.05) is 7.05 Å². The summed E-state index contributed by atoms with van der Waals surface area (Å²) in [4.78, 5) is 13.7. The molecule has 1 amide bonds. The lowest BCUT2D eigenvalue weighted by Crippen LogP contribution is -2.53. The molecule has 1 aromatic rings. The van der Waals surface area contributed by atoms with Crippen LogP contribution in [0.2, 0.25) is 0 Å². The van der Waals surface area contributed by atoms with Crippen LogP contribution >= 0.6 is 15.9 Å². The maximum Gasteiger partial charge on any atom is 0.223 e. The van der Waals surface area contributed by atoms with Gasteiger partial charge in [-0.2, -0.15) is 5.26 Å². The Kier molecular flexibility index (Phi) is 4.44. The van der Waals surface area contributed by atoms with Crippen LogP contribution in [0.25, 0.3) is 0 Å². The zero-order valence-electron chi connectivity index (χ0n) is 11.3. The van der Waals surface area contributed by atoms with E-state index in [-0.39, 0.29) is 18.1 Å². The lowest BCUT2D eigenvalue weighted by atomic mass is 9.76. The molecule has 0 spiro atoms. The third-order valence-electron chi connectivity index (χ3n) is 4.03. The summed E-state index contributed by atoms with van der Waals surface area (Å²) in [6, 6.07) is 7.07. The van der Waals surface area contributed by atoms with E-state index in [0.717, 1.165) is 19.3 Å². The van der Waals surface area contributed by atoms with Crippen LogP contribution in [0.5, 0.6) is 0 Å². The van der Waals surface area contributed by atoms with E-state index < -0.39 is 5.54 Å². The number of carbonyl (C=O) groups excluding carboxylic acids is 1. The van der Waals surface area contributed by atoms with Crippen LogP contribution < -0.4 is 0 Å². The first-order chi connectivity index (χ1) is 9.48. The lowest BCUT2D eigenvalue weighted by Gasteiger charge is -2.43. The molecule has 1 aliphatic rings. The molecule has 2 rings (SSSR count). The van der Waals surface area contributed by atoms with Crippen molar-refractivity contribution < 1.29 is 9.18 Å². The maximum absolute atomic E-state index is 13.7. The smallest absolute Gasteiger partial charge is 0.223 e. The summed E-state index contributed by atoms with van der Waals surface area (Å²) < 4.78 is 14.4. The van der Waals surface area contributed by atoms with Gasteiger partial charge in [0.2, 0.25) is 5.91 Å². The molecule has 1 aromatic carbocycles. The summed E-state index contributed by atoms with van der Waals surface area (Å²) in [5.74, 6) is -0.415. The summed E-state index contributed by atoms with van der Waals surface area (Å²) in [5.41, 5.74) is -0.107. The predicted octanol–water partition coefficient (Wildman–Crippen LogP) is 3.43. The van der Waals surface area contributed by atoms with Gasteiger partial charge in [0.15, 0.2) is 0 Å². The molecule has 1 saturated carbocycles. The molecule has 0 N–H and O–H groups in total. The molecule has 0 radical (unpaired) electrons. The van der Waals surface area contributed by atoms with E-state index in [1.807, 2.05) is 0 Å². The first-order valence-electron chi connectivity index (χ1n) is 6.60. The zero-order valence-corrected chi connectivity index (χ0v) is 12.9. The van der Waals surface area contributed by atoms with E-state index in [1.54, 1.807) is 19.2 Å². The number of hydrogen-bond donors (Lipinski definition) is 0. The van der Waals surface area contributed by atoms with Crippen LogP contribution in [0.15, 0.2) is 22.7 Å². The second-order valence-electron chi connectivity index (χ2n) is 5.19. The third kappa shape index (κ3) is 2.85. The van der Waals surface area contributed by atoms with Crippen LogP contribution in [-0.4, -0.2) is 23.4 Å². The minimum Gasteiger partial charge on any atom is -0.327 e. The third-order valence-corrected chi connectivity index (χ3v) is 4.52. The van der Waals surface area contributed by atoms with Gasteiger partial charge in [0.25, 0.3) is 0 Å². The molecule has 0 bridgehead atoms. The molecular formula is C15H16BrFN2O. The van der Waals surface area contributed by atoms with Gasteiger partial charge >= 0.3 is 0 Å². The van der Waals surface area contributed by atoms with Crippen molar-refractivity contribution in [3.8, 4) is 6.07 Å². The highest BCUT2D eigenvalue weighted by molar-refractivity contribution is 9.10. The van der Waals surface area contributed by atoms with Crippen molar-refractivity contribution in [1.82, 2.24) is 4.90 Å². The molecule has 0 aliphatic heterocycles. The number of aryl methyl sites for hydroxylation is 1. The standard InChI is InChI=1S/C15H16BrFN2O/c1-19(15(10-18)7-2-8-15)14(20)6-4-11-3-5-12(16)9-13(11)17/h3,5,9H,2,4,6-8H2,1H3. The Labute approximate surface area is 126 Å². The van der Waals surface area contributed by atoms with Gasteiger partial charge in [0.05, 0.1) is 6.07 Å². The summed E-state index contributed by atoms with van der Waals surface area (Å²) in [7, 11) is 1.67. The van der Waals surface area contributed by atoms with E-state index in [1.165, 1.54) is 11.0 Å². The van der Waals surface area contributed by atoms with Crippen molar-refractivity contribution in [2.45, 2.75) is 37.6 Å². The minimum atomic E-state index is -0.630. The Morgan fingerprint density at radius 3 is 2.75 bits per heavy atom. The van der Waals surface area contributed by atoms with Crippen LogP contribution in [0.3, 0.4) is 0 Å². The molecule has 1 aliphatic carbocycles. The summed E-state index contributed by atoms with van der Waals surface area (Å²) in [6.45, 7) is 0. The second-order valence-corrected chi connectivity index (χ2v) is 6.10. The van der Waals surface area contributed by atoms with E-state index in [0.29, 0.717) is 16.5 Å². The average molecular weight is 339 g/mol. The normalized spacial score (nSPS) is 16.1.